The van der Waals surface area contributed by atoms with Gasteiger partial charge in [-0.25, -0.2) is 4.98 Å². The maximum absolute atomic E-state index is 12.8. The first-order valence-electron chi connectivity index (χ1n) is 7.52. The summed E-state index contributed by atoms with van der Waals surface area (Å²) in [6.45, 7) is 0.189. The van der Waals surface area contributed by atoms with Crippen LogP contribution in [0.25, 0.3) is 11.3 Å². The summed E-state index contributed by atoms with van der Waals surface area (Å²) >= 11 is 0. The summed E-state index contributed by atoms with van der Waals surface area (Å²) in [5.74, 6) is 0.539. The van der Waals surface area contributed by atoms with Crippen LogP contribution in [0.15, 0.2) is 60.7 Å². The van der Waals surface area contributed by atoms with Crippen molar-refractivity contribution in [2.24, 2.45) is 0 Å². The molecule has 7 heteroatoms. The van der Waals surface area contributed by atoms with Gasteiger partial charge >= 0.3 is 6.18 Å². The molecular weight excluding hydrogens is 329 g/mol. The lowest BCUT2D eigenvalue weighted by Gasteiger charge is -2.11. The molecule has 128 valence electrons. The number of nitrogen functional groups attached to an aromatic ring is 1. The number of hydrogen-bond acceptors (Lipinski definition) is 4. The zero-order chi connectivity index (χ0) is 17.9. The molecule has 0 saturated carbocycles. The van der Waals surface area contributed by atoms with Crippen LogP contribution in [0.1, 0.15) is 11.1 Å². The zero-order valence-corrected chi connectivity index (χ0v) is 13.1. The quantitative estimate of drug-likeness (QED) is 0.738. The number of halogens is 3. The highest BCUT2D eigenvalue weighted by Crippen LogP contribution is 2.29. The second-order valence-corrected chi connectivity index (χ2v) is 5.41. The number of nitrogens with zero attached hydrogens (tertiary/aromatic N) is 2. The first kappa shape index (κ1) is 16.8. The van der Waals surface area contributed by atoms with Gasteiger partial charge in [-0.1, -0.05) is 42.5 Å². The van der Waals surface area contributed by atoms with Crippen LogP contribution in [-0.4, -0.2) is 9.97 Å². The van der Waals surface area contributed by atoms with Crippen molar-refractivity contribution in [3.63, 3.8) is 0 Å². The second kappa shape index (κ2) is 6.80. The molecule has 0 unspecified atom stereocenters. The average Bonchev–Trinajstić information content (AvgIpc) is 2.60. The Bertz CT molecular complexity index is 864. The van der Waals surface area contributed by atoms with Crippen molar-refractivity contribution in [3.05, 3.63) is 71.8 Å². The van der Waals surface area contributed by atoms with Gasteiger partial charge in [0.1, 0.15) is 5.82 Å². The van der Waals surface area contributed by atoms with E-state index in [1.54, 1.807) is 12.1 Å². The lowest BCUT2D eigenvalue weighted by atomic mass is 10.1. The molecule has 0 atom stereocenters. The third kappa shape index (κ3) is 4.26. The molecule has 0 spiro atoms. The van der Waals surface area contributed by atoms with Crippen LogP contribution >= 0.6 is 0 Å². The van der Waals surface area contributed by atoms with Gasteiger partial charge < -0.3 is 11.1 Å². The van der Waals surface area contributed by atoms with E-state index in [0.717, 1.165) is 17.7 Å². The Kier molecular flexibility index (Phi) is 4.56. The Morgan fingerprint density at radius 2 is 1.68 bits per heavy atom. The first-order chi connectivity index (χ1) is 11.9. The van der Waals surface area contributed by atoms with Crippen molar-refractivity contribution in [1.82, 2.24) is 9.97 Å². The summed E-state index contributed by atoms with van der Waals surface area (Å²) in [5, 5.41) is 2.99. The van der Waals surface area contributed by atoms with Gasteiger partial charge in [-0.15, -0.1) is 0 Å². The fraction of sp³-hybridized carbons (Fsp3) is 0.111. The maximum Gasteiger partial charge on any atom is 0.416 e. The van der Waals surface area contributed by atoms with E-state index >= 15 is 0 Å². The van der Waals surface area contributed by atoms with Crippen LogP contribution in [0.3, 0.4) is 0 Å². The third-order valence-electron chi connectivity index (χ3n) is 3.54. The van der Waals surface area contributed by atoms with Gasteiger partial charge in [0.25, 0.3) is 0 Å². The minimum absolute atomic E-state index is 0.0906. The van der Waals surface area contributed by atoms with Crippen LogP contribution in [0.4, 0.5) is 24.9 Å². The second-order valence-electron chi connectivity index (χ2n) is 5.41. The van der Waals surface area contributed by atoms with Crippen LogP contribution in [0.2, 0.25) is 0 Å². The monoisotopic (exact) mass is 344 g/mol. The summed E-state index contributed by atoms with van der Waals surface area (Å²) in [4.78, 5) is 8.26. The van der Waals surface area contributed by atoms with E-state index in [2.05, 4.69) is 15.3 Å². The van der Waals surface area contributed by atoms with Crippen LogP contribution in [-0.2, 0) is 12.7 Å². The zero-order valence-electron chi connectivity index (χ0n) is 13.1. The van der Waals surface area contributed by atoms with Crippen molar-refractivity contribution in [3.8, 4) is 11.3 Å². The number of alkyl halides is 3. The number of anilines is 2. The predicted molar refractivity (Wildman–Crippen MR) is 90.7 cm³/mol. The lowest BCUT2D eigenvalue weighted by molar-refractivity contribution is -0.137. The molecular formula is C18H15F3N4. The highest BCUT2D eigenvalue weighted by molar-refractivity contribution is 5.63. The maximum atomic E-state index is 12.8. The van der Waals surface area contributed by atoms with Crippen LogP contribution in [0.5, 0.6) is 0 Å². The fourth-order valence-corrected chi connectivity index (χ4v) is 2.36. The van der Waals surface area contributed by atoms with E-state index in [1.165, 1.54) is 6.07 Å². The normalized spacial score (nSPS) is 11.3. The summed E-state index contributed by atoms with van der Waals surface area (Å²) in [7, 11) is 0. The van der Waals surface area contributed by atoms with E-state index in [9.17, 15) is 13.2 Å². The number of rotatable bonds is 4. The molecule has 0 aliphatic heterocycles. The van der Waals surface area contributed by atoms with Crippen molar-refractivity contribution >= 4 is 11.8 Å². The van der Waals surface area contributed by atoms with Gasteiger partial charge in [-0.2, -0.15) is 18.2 Å². The Labute approximate surface area is 142 Å². The highest BCUT2D eigenvalue weighted by Gasteiger charge is 2.30. The molecule has 0 fully saturated rings. The summed E-state index contributed by atoms with van der Waals surface area (Å²) in [6, 6.07) is 16.3. The average molecular weight is 344 g/mol. The molecule has 0 radical (unpaired) electrons. The van der Waals surface area contributed by atoms with Gasteiger partial charge in [0.2, 0.25) is 5.95 Å². The van der Waals surface area contributed by atoms with Crippen LogP contribution in [0, 0.1) is 0 Å². The molecule has 3 aromatic rings. The number of benzene rings is 2. The largest absolute Gasteiger partial charge is 0.416 e. The molecule has 0 amide bonds. The summed E-state index contributed by atoms with van der Waals surface area (Å²) in [6.07, 6.45) is -4.37. The molecule has 0 bridgehead atoms. The Balaban J connectivity index is 1.79. The third-order valence-corrected chi connectivity index (χ3v) is 3.54. The molecule has 4 nitrogen and oxygen atoms in total. The molecule has 1 aromatic heterocycles. The van der Waals surface area contributed by atoms with Gasteiger partial charge in [0.15, 0.2) is 0 Å². The summed E-state index contributed by atoms with van der Waals surface area (Å²) in [5.41, 5.74) is 7.06. The predicted octanol–water partition coefficient (Wildman–Crippen LogP) is 4.36. The van der Waals surface area contributed by atoms with Crippen molar-refractivity contribution in [2.75, 3.05) is 11.1 Å². The SMILES string of the molecule is Nc1nc(NCc2cccc(C(F)(F)F)c2)cc(-c2ccccc2)n1. The fourth-order valence-electron chi connectivity index (χ4n) is 2.36. The molecule has 2 aromatic carbocycles. The number of nitrogens with two attached hydrogens (primary N) is 1. The Morgan fingerprint density at radius 1 is 0.920 bits per heavy atom. The molecule has 0 aliphatic carbocycles. The number of hydrogen-bond donors (Lipinski definition) is 2. The summed E-state index contributed by atoms with van der Waals surface area (Å²) < 4.78 is 38.3. The molecule has 3 N–H and O–H groups in total. The molecule has 3 rings (SSSR count). The van der Waals surface area contributed by atoms with Gasteiger partial charge in [-0.05, 0) is 17.7 Å². The molecule has 0 aliphatic rings. The standard InChI is InChI=1S/C18H15F3N4/c19-18(20,21)14-8-4-5-12(9-14)11-23-16-10-15(24-17(22)25-16)13-6-2-1-3-7-13/h1-10H,11H2,(H3,22,23,24,25). The molecule has 25 heavy (non-hydrogen) atoms. The highest BCUT2D eigenvalue weighted by atomic mass is 19.4. The van der Waals surface area contributed by atoms with Crippen molar-refractivity contribution in [2.45, 2.75) is 12.7 Å². The van der Waals surface area contributed by atoms with Crippen molar-refractivity contribution in [1.29, 1.82) is 0 Å². The van der Waals surface area contributed by atoms with E-state index in [-0.39, 0.29) is 12.5 Å². The number of aromatic nitrogens is 2. The Morgan fingerprint density at radius 3 is 2.40 bits per heavy atom. The molecule has 0 saturated heterocycles. The first-order valence-corrected chi connectivity index (χ1v) is 7.52. The van der Waals surface area contributed by atoms with Crippen LogP contribution < -0.4 is 11.1 Å². The van der Waals surface area contributed by atoms with Gasteiger partial charge in [0.05, 0.1) is 11.3 Å². The minimum Gasteiger partial charge on any atom is -0.368 e. The van der Waals surface area contributed by atoms with E-state index in [4.69, 9.17) is 5.73 Å². The van der Waals surface area contributed by atoms with Crippen molar-refractivity contribution < 1.29 is 13.2 Å². The number of nitrogens with one attached hydrogen (secondary N) is 1. The molecule has 1 heterocycles. The topological polar surface area (TPSA) is 63.8 Å². The van der Waals surface area contributed by atoms with Gasteiger partial charge in [-0.3, -0.25) is 0 Å². The van der Waals surface area contributed by atoms with E-state index in [1.807, 2.05) is 30.3 Å². The minimum atomic E-state index is -4.37. The Hall–Kier alpha value is -3.09. The smallest absolute Gasteiger partial charge is 0.368 e. The van der Waals surface area contributed by atoms with E-state index in [0.29, 0.717) is 17.1 Å². The lowest BCUT2D eigenvalue weighted by Crippen LogP contribution is -2.08. The van der Waals surface area contributed by atoms with E-state index < -0.39 is 11.7 Å². The van der Waals surface area contributed by atoms with Gasteiger partial charge in [0, 0.05) is 18.2 Å².